The van der Waals surface area contributed by atoms with Gasteiger partial charge < -0.3 is 0 Å². The van der Waals surface area contributed by atoms with Gasteiger partial charge in [-0.1, -0.05) is 0 Å². The fourth-order valence-corrected chi connectivity index (χ4v) is 4.90. The van der Waals surface area contributed by atoms with Crippen LogP contribution >= 0.6 is 0 Å². The third-order valence-electron chi connectivity index (χ3n) is 3.32. The molecule has 0 amide bonds. The van der Waals surface area contributed by atoms with Crippen molar-refractivity contribution in [3.8, 4) is 29.6 Å². The summed E-state index contributed by atoms with van der Waals surface area (Å²) in [5, 5.41) is 0. The third kappa shape index (κ3) is 5.93. The van der Waals surface area contributed by atoms with Crippen LogP contribution in [0.3, 0.4) is 0 Å². The average Bonchev–Trinajstić information content (AvgIpc) is 2.70. The first-order chi connectivity index (χ1) is 12.4. The van der Waals surface area contributed by atoms with Gasteiger partial charge in [-0.15, -0.1) is 0 Å². The number of hydrogen-bond acceptors (Lipinski definition) is 0. The molecule has 0 saturated heterocycles. The number of hydrogen-bond donors (Lipinski definition) is 0. The summed E-state index contributed by atoms with van der Waals surface area (Å²) in [6.07, 6.45) is 0. The SMILES string of the molecule is C(#[C][Sn]([C]#Cc1ccccc1)[C]#Cc1ccccc1)c1ccccc1. The van der Waals surface area contributed by atoms with Crippen LogP contribution in [0, 0.1) is 29.6 Å². The molecule has 0 nitrogen and oxygen atoms in total. The molecule has 0 aliphatic heterocycles. The first-order valence-electron chi connectivity index (χ1n) is 7.98. The van der Waals surface area contributed by atoms with E-state index < -0.39 is 19.8 Å². The molecule has 0 saturated carbocycles. The Bertz CT molecular complexity index is 850. The Labute approximate surface area is 156 Å². The summed E-state index contributed by atoms with van der Waals surface area (Å²) in [5.41, 5.74) is 3.05. The van der Waals surface area contributed by atoms with Crippen LogP contribution in [-0.2, 0) is 0 Å². The Balaban J connectivity index is 1.88. The second-order valence-electron chi connectivity index (χ2n) is 5.22. The summed E-state index contributed by atoms with van der Waals surface area (Å²) in [7, 11) is 0. The zero-order valence-corrected chi connectivity index (χ0v) is 16.5. The third-order valence-corrected chi connectivity index (χ3v) is 6.53. The molecule has 0 atom stereocenters. The Morgan fingerprint density at radius 1 is 0.400 bits per heavy atom. The topological polar surface area (TPSA) is 0 Å². The van der Waals surface area contributed by atoms with Crippen molar-refractivity contribution in [1.29, 1.82) is 0 Å². The normalized spacial score (nSPS) is 9.00. The van der Waals surface area contributed by atoms with E-state index in [2.05, 4.69) is 29.6 Å². The van der Waals surface area contributed by atoms with E-state index in [0.717, 1.165) is 16.7 Å². The second-order valence-corrected chi connectivity index (χ2v) is 9.50. The molecule has 3 rings (SSSR count). The molecule has 0 bridgehead atoms. The van der Waals surface area contributed by atoms with Crippen LogP contribution in [-0.4, -0.2) is 19.8 Å². The molecule has 115 valence electrons. The van der Waals surface area contributed by atoms with Gasteiger partial charge in [0.05, 0.1) is 0 Å². The minimum atomic E-state index is -2.46. The Morgan fingerprint density at radius 3 is 0.960 bits per heavy atom. The summed E-state index contributed by atoms with van der Waals surface area (Å²) in [6.45, 7) is 0. The standard InChI is InChI=1S/3C8H5.Sn/c3*1-2-8-6-4-3-5-7-8;/h3*3-7H;. The van der Waals surface area contributed by atoms with E-state index >= 15 is 0 Å². The molecule has 1 radical (unpaired) electrons. The molecule has 0 fully saturated rings. The zero-order valence-electron chi connectivity index (χ0n) is 13.7. The Kier molecular flexibility index (Phi) is 6.41. The minimum absolute atomic E-state index is 1.02. The van der Waals surface area contributed by atoms with Gasteiger partial charge in [0.25, 0.3) is 0 Å². The fraction of sp³-hybridized carbons (Fsp3) is 0. The first kappa shape index (κ1) is 17.0. The van der Waals surface area contributed by atoms with Crippen LogP contribution in [0.1, 0.15) is 16.7 Å². The van der Waals surface area contributed by atoms with Crippen molar-refractivity contribution in [1.82, 2.24) is 0 Å². The predicted octanol–water partition coefficient (Wildman–Crippen LogP) is 4.25. The molecule has 1 heteroatoms. The molecule has 0 unspecified atom stereocenters. The molecule has 0 N–H and O–H groups in total. The number of rotatable bonds is 0. The van der Waals surface area contributed by atoms with Gasteiger partial charge in [-0.3, -0.25) is 0 Å². The van der Waals surface area contributed by atoms with Crippen molar-refractivity contribution in [3.05, 3.63) is 108 Å². The van der Waals surface area contributed by atoms with Crippen molar-refractivity contribution in [3.63, 3.8) is 0 Å². The maximum absolute atomic E-state index is 3.38. The van der Waals surface area contributed by atoms with E-state index in [1.165, 1.54) is 0 Å². The zero-order chi connectivity index (χ0) is 17.2. The van der Waals surface area contributed by atoms with Crippen molar-refractivity contribution in [2.45, 2.75) is 0 Å². The van der Waals surface area contributed by atoms with Crippen LogP contribution in [0.4, 0.5) is 0 Å². The summed E-state index contributed by atoms with van der Waals surface area (Å²) < 4.78 is 10.1. The summed E-state index contributed by atoms with van der Waals surface area (Å²) in [5.74, 6) is 9.75. The van der Waals surface area contributed by atoms with Gasteiger partial charge in [-0.25, -0.2) is 0 Å². The molecule has 0 aliphatic rings. The van der Waals surface area contributed by atoms with Crippen molar-refractivity contribution in [2.24, 2.45) is 0 Å². The Hall–Kier alpha value is -2.86. The first-order valence-corrected chi connectivity index (χ1v) is 12.3. The van der Waals surface area contributed by atoms with E-state index in [1.807, 2.05) is 91.0 Å². The van der Waals surface area contributed by atoms with Gasteiger partial charge in [0.2, 0.25) is 0 Å². The van der Waals surface area contributed by atoms with E-state index in [4.69, 9.17) is 0 Å². The monoisotopic (exact) mass is 423 g/mol. The van der Waals surface area contributed by atoms with E-state index in [0.29, 0.717) is 0 Å². The van der Waals surface area contributed by atoms with Gasteiger partial charge in [0.1, 0.15) is 0 Å². The molecule has 0 aromatic heterocycles. The molecule has 0 spiro atoms. The van der Waals surface area contributed by atoms with Crippen molar-refractivity contribution in [2.75, 3.05) is 0 Å². The maximum atomic E-state index is 3.38. The predicted molar refractivity (Wildman–Crippen MR) is 106 cm³/mol. The number of benzene rings is 3. The van der Waals surface area contributed by atoms with E-state index in [9.17, 15) is 0 Å². The van der Waals surface area contributed by atoms with Crippen molar-refractivity contribution >= 4 is 19.8 Å². The Morgan fingerprint density at radius 2 is 0.680 bits per heavy atom. The van der Waals surface area contributed by atoms with Gasteiger partial charge in [0.15, 0.2) is 0 Å². The van der Waals surface area contributed by atoms with Gasteiger partial charge in [-0.2, -0.15) is 0 Å². The average molecular weight is 422 g/mol. The summed E-state index contributed by atoms with van der Waals surface area (Å²) in [4.78, 5) is 0. The second kappa shape index (κ2) is 9.44. The quantitative estimate of drug-likeness (QED) is 0.376. The van der Waals surface area contributed by atoms with Crippen LogP contribution in [0.5, 0.6) is 0 Å². The molecular formula is C24H15Sn. The molecule has 0 aliphatic carbocycles. The molecule has 3 aromatic carbocycles. The molecular weight excluding hydrogens is 407 g/mol. The molecule has 0 heterocycles. The van der Waals surface area contributed by atoms with Crippen LogP contribution in [0.15, 0.2) is 91.0 Å². The van der Waals surface area contributed by atoms with E-state index in [1.54, 1.807) is 0 Å². The van der Waals surface area contributed by atoms with Gasteiger partial charge in [-0.05, 0) is 0 Å². The molecule has 25 heavy (non-hydrogen) atoms. The summed E-state index contributed by atoms with van der Waals surface area (Å²) in [6, 6.07) is 30.1. The van der Waals surface area contributed by atoms with E-state index in [-0.39, 0.29) is 0 Å². The van der Waals surface area contributed by atoms with Crippen LogP contribution in [0.25, 0.3) is 0 Å². The summed E-state index contributed by atoms with van der Waals surface area (Å²) >= 11 is -2.46. The van der Waals surface area contributed by atoms with Crippen molar-refractivity contribution < 1.29 is 0 Å². The van der Waals surface area contributed by atoms with Crippen LogP contribution in [0.2, 0.25) is 0 Å². The fourth-order valence-electron chi connectivity index (χ4n) is 2.06. The van der Waals surface area contributed by atoms with Gasteiger partial charge >= 0.3 is 157 Å². The van der Waals surface area contributed by atoms with Crippen LogP contribution < -0.4 is 0 Å². The van der Waals surface area contributed by atoms with Gasteiger partial charge in [0, 0.05) is 0 Å². The molecule has 3 aromatic rings.